The predicted molar refractivity (Wildman–Crippen MR) is 86.8 cm³/mol. The van der Waals surface area contributed by atoms with Gasteiger partial charge in [0.1, 0.15) is 0 Å². The summed E-state index contributed by atoms with van der Waals surface area (Å²) in [6.07, 6.45) is 2.91. The number of benzene rings is 1. The van der Waals surface area contributed by atoms with E-state index in [2.05, 4.69) is 10.3 Å². The molecular formula is C18H22N2O2. The summed E-state index contributed by atoms with van der Waals surface area (Å²) in [6, 6.07) is 9.56. The molecule has 0 saturated heterocycles. The van der Waals surface area contributed by atoms with Crippen molar-refractivity contribution in [2.75, 3.05) is 6.61 Å². The Hall–Kier alpha value is -1.94. The molecule has 2 N–H and O–H groups in total. The van der Waals surface area contributed by atoms with Gasteiger partial charge >= 0.3 is 0 Å². The number of para-hydroxylation sites is 1. The zero-order chi connectivity index (χ0) is 15.7. The number of pyridine rings is 1. The third-order valence-electron chi connectivity index (χ3n) is 4.84. The SMILES string of the molecule is Cc1cc(C(=O)N[C@H]2CCC[C@@]2(C)CO)c2ccccc2n1. The highest BCUT2D eigenvalue weighted by atomic mass is 16.3. The number of aryl methyl sites for hydroxylation is 1. The molecule has 1 aliphatic rings. The first-order valence-corrected chi connectivity index (χ1v) is 7.81. The first kappa shape index (κ1) is 15.0. The van der Waals surface area contributed by atoms with Crippen LogP contribution in [0.2, 0.25) is 0 Å². The van der Waals surface area contributed by atoms with Crippen LogP contribution in [0.5, 0.6) is 0 Å². The highest BCUT2D eigenvalue weighted by Gasteiger charge is 2.39. The molecule has 3 rings (SSSR count). The third-order valence-corrected chi connectivity index (χ3v) is 4.84. The monoisotopic (exact) mass is 298 g/mol. The zero-order valence-corrected chi connectivity index (χ0v) is 13.1. The van der Waals surface area contributed by atoms with E-state index in [0.29, 0.717) is 5.56 Å². The fourth-order valence-electron chi connectivity index (χ4n) is 3.40. The molecule has 4 heteroatoms. The molecular weight excluding hydrogens is 276 g/mol. The number of amides is 1. The second-order valence-corrected chi connectivity index (χ2v) is 6.56. The smallest absolute Gasteiger partial charge is 0.252 e. The Morgan fingerprint density at radius 3 is 3.00 bits per heavy atom. The molecule has 116 valence electrons. The molecule has 0 bridgehead atoms. The summed E-state index contributed by atoms with van der Waals surface area (Å²) in [6.45, 7) is 4.05. The van der Waals surface area contributed by atoms with Crippen LogP contribution in [0.1, 0.15) is 42.2 Å². The Balaban J connectivity index is 1.93. The van der Waals surface area contributed by atoms with Gasteiger partial charge in [0, 0.05) is 22.5 Å². The molecule has 2 atom stereocenters. The van der Waals surface area contributed by atoms with E-state index in [0.717, 1.165) is 35.9 Å². The second-order valence-electron chi connectivity index (χ2n) is 6.56. The predicted octanol–water partition coefficient (Wildman–Crippen LogP) is 2.82. The fourth-order valence-corrected chi connectivity index (χ4v) is 3.40. The van der Waals surface area contributed by atoms with Crippen LogP contribution >= 0.6 is 0 Å². The minimum Gasteiger partial charge on any atom is -0.396 e. The first-order chi connectivity index (χ1) is 10.5. The highest BCUT2D eigenvalue weighted by Crippen LogP contribution is 2.37. The number of aliphatic hydroxyl groups is 1. The number of aliphatic hydroxyl groups excluding tert-OH is 1. The Labute approximate surface area is 130 Å². The van der Waals surface area contributed by atoms with E-state index in [1.165, 1.54) is 0 Å². The summed E-state index contributed by atoms with van der Waals surface area (Å²) in [4.78, 5) is 17.2. The standard InChI is InChI=1S/C18H22N2O2/c1-12-10-14(13-6-3-4-7-15(13)19-12)17(22)20-16-8-5-9-18(16,2)11-21/h3-4,6-7,10,16,21H,5,8-9,11H2,1-2H3,(H,20,22)/t16-,18-/m0/s1. The van der Waals surface area contributed by atoms with Crippen molar-refractivity contribution in [3.63, 3.8) is 0 Å². The van der Waals surface area contributed by atoms with Gasteiger partial charge in [-0.15, -0.1) is 0 Å². The number of hydrogen-bond acceptors (Lipinski definition) is 3. The Bertz CT molecular complexity index is 713. The van der Waals surface area contributed by atoms with Crippen LogP contribution in [-0.4, -0.2) is 28.6 Å². The van der Waals surface area contributed by atoms with E-state index >= 15 is 0 Å². The average molecular weight is 298 g/mol. The number of fused-ring (bicyclic) bond motifs is 1. The molecule has 1 aliphatic carbocycles. The van der Waals surface area contributed by atoms with E-state index in [-0.39, 0.29) is 24.0 Å². The van der Waals surface area contributed by atoms with E-state index in [1.54, 1.807) is 0 Å². The van der Waals surface area contributed by atoms with Crippen molar-refractivity contribution in [1.82, 2.24) is 10.3 Å². The molecule has 2 aromatic rings. The van der Waals surface area contributed by atoms with Crippen molar-refractivity contribution in [2.24, 2.45) is 5.41 Å². The maximum absolute atomic E-state index is 12.8. The van der Waals surface area contributed by atoms with Crippen molar-refractivity contribution >= 4 is 16.8 Å². The summed E-state index contributed by atoms with van der Waals surface area (Å²) >= 11 is 0. The van der Waals surface area contributed by atoms with Gasteiger partial charge in [0.15, 0.2) is 0 Å². The Morgan fingerprint density at radius 1 is 1.45 bits per heavy atom. The van der Waals surface area contributed by atoms with Crippen molar-refractivity contribution in [3.05, 3.63) is 41.6 Å². The molecule has 1 amide bonds. The van der Waals surface area contributed by atoms with Gasteiger partial charge in [-0.25, -0.2) is 0 Å². The van der Waals surface area contributed by atoms with Gasteiger partial charge in [-0.3, -0.25) is 9.78 Å². The van der Waals surface area contributed by atoms with Crippen LogP contribution < -0.4 is 5.32 Å². The highest BCUT2D eigenvalue weighted by molar-refractivity contribution is 6.06. The minimum absolute atomic E-state index is 0.0252. The number of nitrogens with zero attached hydrogens (tertiary/aromatic N) is 1. The van der Waals surface area contributed by atoms with Gasteiger partial charge in [-0.1, -0.05) is 31.5 Å². The summed E-state index contributed by atoms with van der Waals surface area (Å²) in [5.41, 5.74) is 2.12. The minimum atomic E-state index is -0.215. The number of hydrogen-bond donors (Lipinski definition) is 2. The van der Waals surface area contributed by atoms with Crippen LogP contribution in [0.4, 0.5) is 0 Å². The maximum Gasteiger partial charge on any atom is 0.252 e. The third kappa shape index (κ3) is 2.59. The summed E-state index contributed by atoms with van der Waals surface area (Å²) in [5.74, 6) is -0.0757. The largest absolute Gasteiger partial charge is 0.396 e. The van der Waals surface area contributed by atoms with E-state index < -0.39 is 0 Å². The number of carbonyl (C=O) groups is 1. The molecule has 0 radical (unpaired) electrons. The average Bonchev–Trinajstić information content (AvgIpc) is 2.88. The summed E-state index contributed by atoms with van der Waals surface area (Å²) < 4.78 is 0. The zero-order valence-electron chi connectivity index (χ0n) is 13.1. The van der Waals surface area contributed by atoms with Crippen molar-refractivity contribution < 1.29 is 9.90 Å². The van der Waals surface area contributed by atoms with Gasteiger partial charge < -0.3 is 10.4 Å². The van der Waals surface area contributed by atoms with Gasteiger partial charge in [-0.05, 0) is 31.9 Å². The molecule has 1 heterocycles. The lowest BCUT2D eigenvalue weighted by molar-refractivity contribution is 0.0832. The summed E-state index contributed by atoms with van der Waals surface area (Å²) in [7, 11) is 0. The van der Waals surface area contributed by atoms with Gasteiger partial charge in [0.05, 0.1) is 17.7 Å². The normalized spacial score (nSPS) is 24.6. The molecule has 0 aliphatic heterocycles. The molecule has 4 nitrogen and oxygen atoms in total. The molecule has 0 spiro atoms. The molecule has 0 unspecified atom stereocenters. The van der Waals surface area contributed by atoms with Crippen molar-refractivity contribution in [3.8, 4) is 0 Å². The van der Waals surface area contributed by atoms with Gasteiger partial charge in [0.25, 0.3) is 5.91 Å². The molecule has 1 aromatic heterocycles. The second kappa shape index (κ2) is 5.69. The summed E-state index contributed by atoms with van der Waals surface area (Å²) in [5, 5.41) is 13.6. The van der Waals surface area contributed by atoms with Gasteiger partial charge in [0.2, 0.25) is 0 Å². The van der Waals surface area contributed by atoms with E-state index in [9.17, 15) is 9.90 Å². The molecule has 22 heavy (non-hydrogen) atoms. The quantitative estimate of drug-likeness (QED) is 0.916. The number of rotatable bonds is 3. The van der Waals surface area contributed by atoms with Crippen molar-refractivity contribution in [1.29, 1.82) is 0 Å². The fraction of sp³-hybridized carbons (Fsp3) is 0.444. The Kier molecular flexibility index (Phi) is 3.87. The number of carbonyl (C=O) groups excluding carboxylic acids is 1. The van der Waals surface area contributed by atoms with Crippen LogP contribution in [0.3, 0.4) is 0 Å². The van der Waals surface area contributed by atoms with Crippen molar-refractivity contribution in [2.45, 2.75) is 39.2 Å². The molecule has 1 aromatic carbocycles. The lowest BCUT2D eigenvalue weighted by atomic mass is 9.85. The van der Waals surface area contributed by atoms with E-state index in [1.807, 2.05) is 44.2 Å². The van der Waals surface area contributed by atoms with Crippen LogP contribution in [-0.2, 0) is 0 Å². The maximum atomic E-state index is 12.8. The van der Waals surface area contributed by atoms with Crippen LogP contribution in [0.25, 0.3) is 10.9 Å². The first-order valence-electron chi connectivity index (χ1n) is 7.81. The van der Waals surface area contributed by atoms with Crippen LogP contribution in [0, 0.1) is 12.3 Å². The number of aromatic nitrogens is 1. The molecule has 1 fully saturated rings. The Morgan fingerprint density at radius 2 is 2.23 bits per heavy atom. The van der Waals surface area contributed by atoms with Crippen LogP contribution in [0.15, 0.2) is 30.3 Å². The lowest BCUT2D eigenvalue weighted by Crippen LogP contribution is -2.44. The number of nitrogens with one attached hydrogen (secondary N) is 1. The topological polar surface area (TPSA) is 62.2 Å². The van der Waals surface area contributed by atoms with Gasteiger partial charge in [-0.2, -0.15) is 0 Å². The lowest BCUT2D eigenvalue weighted by Gasteiger charge is -2.30. The van der Waals surface area contributed by atoms with E-state index in [4.69, 9.17) is 0 Å². The molecule has 1 saturated carbocycles.